The lowest BCUT2D eigenvalue weighted by Gasteiger charge is -2.23. The number of hydrogen-bond acceptors (Lipinski definition) is 2. The number of nitrogens with one attached hydrogen (secondary N) is 1. The average molecular weight is 286 g/mol. The largest absolute Gasteiger partial charge is 0.416 e. The lowest BCUT2D eigenvalue weighted by molar-refractivity contribution is -0.137. The molecule has 1 aliphatic carbocycles. The molecule has 0 aromatic heterocycles. The summed E-state index contributed by atoms with van der Waals surface area (Å²) in [5.41, 5.74) is 2.88. The van der Waals surface area contributed by atoms with E-state index in [-0.39, 0.29) is 6.04 Å². The van der Waals surface area contributed by atoms with E-state index in [1.165, 1.54) is 18.6 Å². The van der Waals surface area contributed by atoms with E-state index in [1.807, 2.05) is 0 Å². The van der Waals surface area contributed by atoms with Crippen molar-refractivity contribution in [3.63, 3.8) is 0 Å². The first-order chi connectivity index (χ1) is 9.40. The second-order valence-electron chi connectivity index (χ2n) is 5.85. The average Bonchev–Trinajstić information content (AvgIpc) is 2.82. The van der Waals surface area contributed by atoms with Crippen LogP contribution >= 0.6 is 0 Å². The van der Waals surface area contributed by atoms with E-state index < -0.39 is 11.7 Å². The third-order valence-corrected chi connectivity index (χ3v) is 4.23. The monoisotopic (exact) mass is 286 g/mol. The number of hydrazine groups is 1. The number of alkyl halides is 3. The van der Waals surface area contributed by atoms with Crippen molar-refractivity contribution in [2.24, 2.45) is 17.7 Å². The molecule has 0 amide bonds. The lowest BCUT2D eigenvalue weighted by Crippen LogP contribution is -2.41. The number of rotatable bonds is 4. The van der Waals surface area contributed by atoms with Crippen molar-refractivity contribution >= 4 is 0 Å². The number of nitrogens with two attached hydrogens (primary N) is 1. The molecule has 2 nitrogen and oxygen atoms in total. The fourth-order valence-corrected chi connectivity index (χ4v) is 3.11. The number of halogens is 3. The summed E-state index contributed by atoms with van der Waals surface area (Å²) in [5.74, 6) is 6.72. The minimum Gasteiger partial charge on any atom is -0.271 e. The van der Waals surface area contributed by atoms with Gasteiger partial charge in [0.1, 0.15) is 0 Å². The Labute approximate surface area is 117 Å². The van der Waals surface area contributed by atoms with Crippen LogP contribution in [0.2, 0.25) is 0 Å². The molecule has 0 radical (unpaired) electrons. The lowest BCUT2D eigenvalue weighted by atomic mass is 9.91. The summed E-state index contributed by atoms with van der Waals surface area (Å²) >= 11 is 0. The Bertz CT molecular complexity index is 445. The van der Waals surface area contributed by atoms with Gasteiger partial charge in [0.25, 0.3) is 0 Å². The molecule has 1 aromatic carbocycles. The van der Waals surface area contributed by atoms with Gasteiger partial charge in [0.2, 0.25) is 0 Å². The maximum Gasteiger partial charge on any atom is 0.416 e. The molecule has 3 unspecified atom stereocenters. The SMILES string of the molecule is CC1CCC(C(Cc2cccc(C(F)(F)F)c2)NN)C1. The smallest absolute Gasteiger partial charge is 0.271 e. The molecule has 0 bridgehead atoms. The summed E-state index contributed by atoms with van der Waals surface area (Å²) in [6.45, 7) is 2.21. The van der Waals surface area contributed by atoms with Gasteiger partial charge in [0.05, 0.1) is 5.56 Å². The van der Waals surface area contributed by atoms with Crippen LogP contribution in [0.3, 0.4) is 0 Å². The summed E-state index contributed by atoms with van der Waals surface area (Å²) in [5, 5.41) is 0. The highest BCUT2D eigenvalue weighted by Crippen LogP contribution is 2.34. The summed E-state index contributed by atoms with van der Waals surface area (Å²) < 4.78 is 38.1. The van der Waals surface area contributed by atoms with E-state index in [9.17, 15) is 13.2 Å². The predicted molar refractivity (Wildman–Crippen MR) is 72.8 cm³/mol. The van der Waals surface area contributed by atoms with Crippen LogP contribution in [0.4, 0.5) is 13.2 Å². The van der Waals surface area contributed by atoms with Crippen LogP contribution in [0.25, 0.3) is 0 Å². The standard InChI is InChI=1S/C15H21F3N2/c1-10-5-6-12(7-10)14(20-19)9-11-3-2-4-13(8-11)15(16,17)18/h2-4,8,10,12,14,20H,5-7,9,19H2,1H3. The van der Waals surface area contributed by atoms with Crippen molar-refractivity contribution in [1.29, 1.82) is 0 Å². The Morgan fingerprint density at radius 1 is 1.35 bits per heavy atom. The van der Waals surface area contributed by atoms with Crippen molar-refractivity contribution in [3.05, 3.63) is 35.4 Å². The molecule has 1 saturated carbocycles. The summed E-state index contributed by atoms with van der Waals surface area (Å²) in [4.78, 5) is 0. The second kappa shape index (κ2) is 6.14. The van der Waals surface area contributed by atoms with Crippen molar-refractivity contribution in [2.75, 3.05) is 0 Å². The summed E-state index contributed by atoms with van der Waals surface area (Å²) in [6, 6.07) is 5.57. The van der Waals surface area contributed by atoms with Crippen LogP contribution in [0.15, 0.2) is 24.3 Å². The maximum absolute atomic E-state index is 12.7. The van der Waals surface area contributed by atoms with Gasteiger partial charge in [-0.05, 0) is 42.7 Å². The minimum absolute atomic E-state index is 0.0448. The van der Waals surface area contributed by atoms with Gasteiger partial charge in [-0.25, -0.2) is 0 Å². The van der Waals surface area contributed by atoms with Crippen LogP contribution < -0.4 is 11.3 Å². The van der Waals surface area contributed by atoms with Crippen LogP contribution in [-0.4, -0.2) is 6.04 Å². The molecule has 0 spiro atoms. The van der Waals surface area contributed by atoms with Gasteiger partial charge < -0.3 is 0 Å². The molecule has 2 rings (SSSR count). The third-order valence-electron chi connectivity index (χ3n) is 4.23. The van der Waals surface area contributed by atoms with Crippen molar-refractivity contribution in [3.8, 4) is 0 Å². The topological polar surface area (TPSA) is 38.0 Å². The quantitative estimate of drug-likeness (QED) is 0.656. The second-order valence-corrected chi connectivity index (χ2v) is 5.85. The maximum atomic E-state index is 12.7. The van der Waals surface area contributed by atoms with Crippen molar-refractivity contribution < 1.29 is 13.2 Å². The van der Waals surface area contributed by atoms with Gasteiger partial charge in [-0.15, -0.1) is 0 Å². The van der Waals surface area contributed by atoms with Gasteiger partial charge in [-0.2, -0.15) is 13.2 Å². The molecular weight excluding hydrogens is 265 g/mol. The van der Waals surface area contributed by atoms with Crippen LogP contribution in [0.1, 0.15) is 37.3 Å². The normalized spacial score (nSPS) is 24.9. The molecule has 112 valence electrons. The first-order valence-electron chi connectivity index (χ1n) is 7.02. The first kappa shape index (κ1) is 15.3. The highest BCUT2D eigenvalue weighted by atomic mass is 19.4. The first-order valence-corrected chi connectivity index (χ1v) is 7.02. The van der Waals surface area contributed by atoms with Crippen LogP contribution in [0.5, 0.6) is 0 Å². The Balaban J connectivity index is 2.08. The third kappa shape index (κ3) is 3.73. The van der Waals surface area contributed by atoms with E-state index in [0.717, 1.165) is 18.9 Å². The fourth-order valence-electron chi connectivity index (χ4n) is 3.11. The molecular formula is C15H21F3N2. The van der Waals surface area contributed by atoms with Gasteiger partial charge in [-0.3, -0.25) is 11.3 Å². The van der Waals surface area contributed by atoms with E-state index in [1.54, 1.807) is 6.07 Å². The molecule has 5 heteroatoms. The molecule has 1 aliphatic rings. The molecule has 20 heavy (non-hydrogen) atoms. The van der Waals surface area contributed by atoms with Gasteiger partial charge >= 0.3 is 6.18 Å². The molecule has 0 aliphatic heterocycles. The molecule has 3 N–H and O–H groups in total. The number of hydrogen-bond donors (Lipinski definition) is 2. The van der Waals surface area contributed by atoms with E-state index in [0.29, 0.717) is 23.8 Å². The predicted octanol–water partition coefficient (Wildman–Crippen LogP) is 3.52. The molecule has 1 aromatic rings. The van der Waals surface area contributed by atoms with Crippen LogP contribution in [0, 0.1) is 11.8 Å². The Hall–Kier alpha value is -1.07. The van der Waals surface area contributed by atoms with Crippen LogP contribution in [-0.2, 0) is 12.6 Å². The van der Waals surface area contributed by atoms with Gasteiger partial charge in [0.15, 0.2) is 0 Å². The summed E-state index contributed by atoms with van der Waals surface area (Å²) in [7, 11) is 0. The Morgan fingerprint density at radius 2 is 2.10 bits per heavy atom. The molecule has 0 saturated heterocycles. The Morgan fingerprint density at radius 3 is 2.65 bits per heavy atom. The van der Waals surface area contributed by atoms with Crippen molar-refractivity contribution in [2.45, 2.75) is 44.8 Å². The zero-order valence-electron chi connectivity index (χ0n) is 11.6. The highest BCUT2D eigenvalue weighted by Gasteiger charge is 2.31. The zero-order valence-corrected chi connectivity index (χ0v) is 11.6. The molecule has 1 fully saturated rings. The van der Waals surface area contributed by atoms with E-state index in [2.05, 4.69) is 12.3 Å². The van der Waals surface area contributed by atoms with Crippen molar-refractivity contribution in [1.82, 2.24) is 5.43 Å². The molecule has 3 atom stereocenters. The zero-order chi connectivity index (χ0) is 14.8. The fraction of sp³-hybridized carbons (Fsp3) is 0.600. The van der Waals surface area contributed by atoms with Gasteiger partial charge in [-0.1, -0.05) is 31.5 Å². The highest BCUT2D eigenvalue weighted by molar-refractivity contribution is 5.26. The van der Waals surface area contributed by atoms with E-state index in [4.69, 9.17) is 5.84 Å². The number of benzene rings is 1. The summed E-state index contributed by atoms with van der Waals surface area (Å²) in [6.07, 6.45) is -0.393. The Kier molecular flexibility index (Phi) is 4.70. The minimum atomic E-state index is -4.29. The van der Waals surface area contributed by atoms with E-state index >= 15 is 0 Å². The molecule has 0 heterocycles. The van der Waals surface area contributed by atoms with Gasteiger partial charge in [0, 0.05) is 6.04 Å².